The first-order chi connectivity index (χ1) is 9.60. The highest BCUT2D eigenvalue weighted by atomic mass is 32.2. The van der Waals surface area contributed by atoms with Gasteiger partial charge in [-0.3, -0.25) is 0 Å². The molecular formula is C16H34O3S. The van der Waals surface area contributed by atoms with Gasteiger partial charge in [-0.15, -0.1) is 0 Å². The summed E-state index contributed by atoms with van der Waals surface area (Å²) in [5.41, 5.74) is 0. The molecule has 2 unspecified atom stereocenters. The third-order valence-corrected chi connectivity index (χ3v) is 5.05. The average Bonchev–Trinajstić information content (AvgIpc) is 2.39. The van der Waals surface area contributed by atoms with Crippen molar-refractivity contribution >= 4 is 11.2 Å². The van der Waals surface area contributed by atoms with E-state index in [9.17, 15) is 14.8 Å². The molecule has 0 saturated carbocycles. The maximum atomic E-state index is 11.8. The zero-order chi connectivity index (χ0) is 15.2. The van der Waals surface area contributed by atoms with Gasteiger partial charge < -0.3 is 14.8 Å². The smallest absolute Gasteiger partial charge is 0.131 e. The van der Waals surface area contributed by atoms with E-state index >= 15 is 0 Å². The molecular weight excluding hydrogens is 272 g/mol. The van der Waals surface area contributed by atoms with Crippen molar-refractivity contribution in [1.29, 1.82) is 0 Å². The number of aliphatic hydroxyl groups is 2. The minimum Gasteiger partial charge on any atom is -0.616 e. The van der Waals surface area contributed by atoms with Crippen molar-refractivity contribution in [3.05, 3.63) is 0 Å². The lowest BCUT2D eigenvalue weighted by atomic mass is 10.1. The maximum absolute atomic E-state index is 11.8. The number of hydrogen-bond acceptors (Lipinski definition) is 3. The lowest BCUT2D eigenvalue weighted by molar-refractivity contribution is 0.175. The first kappa shape index (κ1) is 20.2. The maximum Gasteiger partial charge on any atom is 0.131 e. The molecule has 0 bridgehead atoms. The van der Waals surface area contributed by atoms with Crippen molar-refractivity contribution in [2.24, 2.45) is 0 Å². The van der Waals surface area contributed by atoms with E-state index < -0.39 is 23.4 Å². The molecule has 2 N–H and O–H groups in total. The van der Waals surface area contributed by atoms with Crippen molar-refractivity contribution in [2.45, 2.75) is 90.3 Å². The Bertz CT molecular complexity index is 182. The van der Waals surface area contributed by atoms with Gasteiger partial charge in [-0.25, -0.2) is 0 Å². The van der Waals surface area contributed by atoms with Gasteiger partial charge in [0.15, 0.2) is 0 Å². The van der Waals surface area contributed by atoms with Gasteiger partial charge in [-0.1, -0.05) is 65.2 Å². The van der Waals surface area contributed by atoms with Crippen molar-refractivity contribution in [1.82, 2.24) is 0 Å². The molecule has 0 spiro atoms. The van der Waals surface area contributed by atoms with Crippen LogP contribution in [0.4, 0.5) is 0 Å². The van der Waals surface area contributed by atoms with E-state index in [0.29, 0.717) is 11.5 Å². The summed E-state index contributed by atoms with van der Waals surface area (Å²) >= 11 is -1.09. The summed E-state index contributed by atoms with van der Waals surface area (Å²) in [5, 5.41) is 19.6. The first-order valence-corrected chi connectivity index (χ1v) is 9.80. The zero-order valence-corrected chi connectivity index (χ0v) is 14.2. The predicted molar refractivity (Wildman–Crippen MR) is 87.4 cm³/mol. The van der Waals surface area contributed by atoms with Gasteiger partial charge in [0.2, 0.25) is 0 Å². The quantitative estimate of drug-likeness (QED) is 0.382. The van der Waals surface area contributed by atoms with E-state index in [4.69, 9.17) is 0 Å². The topological polar surface area (TPSA) is 63.5 Å². The second kappa shape index (κ2) is 14.2. The molecule has 0 aliphatic rings. The molecule has 0 aliphatic heterocycles. The average molecular weight is 307 g/mol. The standard InChI is InChI=1S/C16H34O3S/c1-3-5-7-9-11-15(17)13-20(19)14-16(18)12-10-8-6-4-2/h15-18H,3-14H2,1-2H3. The van der Waals surface area contributed by atoms with E-state index in [1.165, 1.54) is 25.7 Å². The van der Waals surface area contributed by atoms with Crippen molar-refractivity contribution in [3.8, 4) is 0 Å². The summed E-state index contributed by atoms with van der Waals surface area (Å²) in [6.45, 7) is 4.32. The van der Waals surface area contributed by atoms with Crippen LogP contribution in [-0.2, 0) is 11.2 Å². The Morgan fingerprint density at radius 3 is 1.50 bits per heavy atom. The minimum atomic E-state index is -1.09. The lowest BCUT2D eigenvalue weighted by Gasteiger charge is -2.18. The molecule has 0 amide bonds. The molecule has 0 aromatic heterocycles. The van der Waals surface area contributed by atoms with Crippen LogP contribution >= 0.6 is 0 Å². The van der Waals surface area contributed by atoms with Gasteiger partial charge >= 0.3 is 0 Å². The highest BCUT2D eigenvalue weighted by molar-refractivity contribution is 7.91. The fraction of sp³-hybridized carbons (Fsp3) is 1.00. The summed E-state index contributed by atoms with van der Waals surface area (Å²) in [5.74, 6) is 0.635. The van der Waals surface area contributed by atoms with Crippen LogP contribution in [0, 0.1) is 0 Å². The van der Waals surface area contributed by atoms with Crippen LogP contribution < -0.4 is 0 Å². The number of rotatable bonds is 14. The monoisotopic (exact) mass is 306 g/mol. The van der Waals surface area contributed by atoms with Gasteiger partial charge in [0.1, 0.15) is 11.5 Å². The van der Waals surface area contributed by atoms with Crippen molar-refractivity contribution in [3.63, 3.8) is 0 Å². The molecule has 20 heavy (non-hydrogen) atoms. The largest absolute Gasteiger partial charge is 0.616 e. The van der Waals surface area contributed by atoms with E-state index in [0.717, 1.165) is 38.5 Å². The Kier molecular flexibility index (Phi) is 14.3. The molecule has 0 heterocycles. The van der Waals surface area contributed by atoms with E-state index in [2.05, 4.69) is 13.8 Å². The van der Waals surface area contributed by atoms with Gasteiger partial charge in [0, 0.05) is 0 Å². The highest BCUT2D eigenvalue weighted by Crippen LogP contribution is 2.11. The third-order valence-electron chi connectivity index (χ3n) is 3.54. The van der Waals surface area contributed by atoms with Crippen LogP contribution in [0.3, 0.4) is 0 Å². The molecule has 0 fully saturated rings. The SMILES string of the molecule is CCCCCCC(O)C[S+]([O-])CC(O)CCCCCC. The van der Waals surface area contributed by atoms with E-state index in [1.54, 1.807) is 0 Å². The highest BCUT2D eigenvalue weighted by Gasteiger charge is 2.18. The van der Waals surface area contributed by atoms with Gasteiger partial charge in [-0.05, 0) is 24.0 Å². The normalized spacial score (nSPS) is 16.1. The molecule has 0 aromatic rings. The summed E-state index contributed by atoms with van der Waals surface area (Å²) in [6.07, 6.45) is 9.59. The Labute approximate surface area is 128 Å². The van der Waals surface area contributed by atoms with Crippen molar-refractivity contribution in [2.75, 3.05) is 11.5 Å². The zero-order valence-electron chi connectivity index (χ0n) is 13.4. The minimum absolute atomic E-state index is 0.318. The van der Waals surface area contributed by atoms with Crippen LogP contribution in [0.5, 0.6) is 0 Å². The molecule has 0 aliphatic carbocycles. The van der Waals surface area contributed by atoms with E-state index in [1.807, 2.05) is 0 Å². The summed E-state index contributed by atoms with van der Waals surface area (Å²) in [7, 11) is 0. The second-order valence-corrected chi connectivity index (χ2v) is 7.33. The second-order valence-electron chi connectivity index (χ2n) is 5.78. The van der Waals surface area contributed by atoms with Crippen LogP contribution in [-0.4, -0.2) is 38.5 Å². The van der Waals surface area contributed by atoms with Crippen LogP contribution in [0.15, 0.2) is 0 Å². The summed E-state index contributed by atoms with van der Waals surface area (Å²) < 4.78 is 11.8. The Balaban J connectivity index is 3.56. The summed E-state index contributed by atoms with van der Waals surface area (Å²) in [4.78, 5) is 0. The Morgan fingerprint density at radius 2 is 1.15 bits per heavy atom. The molecule has 0 rings (SSSR count). The molecule has 122 valence electrons. The molecule has 0 saturated heterocycles. The molecule has 2 atom stereocenters. The van der Waals surface area contributed by atoms with Gasteiger partial charge in [-0.2, -0.15) is 0 Å². The number of hydrogen-bond donors (Lipinski definition) is 2. The fourth-order valence-electron chi connectivity index (χ4n) is 2.28. The number of unbranched alkanes of at least 4 members (excludes halogenated alkanes) is 6. The third kappa shape index (κ3) is 13.2. The van der Waals surface area contributed by atoms with Crippen LogP contribution in [0.2, 0.25) is 0 Å². The number of aliphatic hydroxyl groups excluding tert-OH is 2. The Morgan fingerprint density at radius 1 is 0.750 bits per heavy atom. The molecule has 0 radical (unpaired) electrons. The van der Waals surface area contributed by atoms with Gasteiger partial charge in [0.05, 0.1) is 12.2 Å². The molecule has 0 aromatic carbocycles. The Hall–Kier alpha value is 0.230. The molecule has 3 nitrogen and oxygen atoms in total. The van der Waals surface area contributed by atoms with Crippen molar-refractivity contribution < 1.29 is 14.8 Å². The fourth-order valence-corrected chi connectivity index (χ4v) is 3.61. The molecule has 4 heteroatoms. The first-order valence-electron chi connectivity index (χ1n) is 8.31. The van der Waals surface area contributed by atoms with Crippen LogP contribution in [0.1, 0.15) is 78.1 Å². The van der Waals surface area contributed by atoms with E-state index in [-0.39, 0.29) is 0 Å². The van der Waals surface area contributed by atoms with Crippen LogP contribution in [0.25, 0.3) is 0 Å². The predicted octanol–water partition coefficient (Wildman–Crippen LogP) is 3.40. The lowest BCUT2D eigenvalue weighted by Crippen LogP contribution is -2.28. The van der Waals surface area contributed by atoms with Gasteiger partial charge in [0.25, 0.3) is 0 Å². The summed E-state index contributed by atoms with van der Waals surface area (Å²) in [6, 6.07) is 0.